The molecule has 3 aromatic carbocycles. The van der Waals surface area contributed by atoms with Crippen LogP contribution >= 0.6 is 0 Å². The number of ether oxygens (including phenoxy) is 2. The predicted octanol–water partition coefficient (Wildman–Crippen LogP) is 5.30. The summed E-state index contributed by atoms with van der Waals surface area (Å²) in [6, 6.07) is 27.2. The van der Waals surface area contributed by atoms with Crippen molar-refractivity contribution in [1.82, 2.24) is 9.78 Å². The molecule has 0 aliphatic carbocycles. The van der Waals surface area contributed by atoms with E-state index in [1.165, 1.54) is 6.08 Å². The number of para-hydroxylation sites is 1. The van der Waals surface area contributed by atoms with E-state index in [0.29, 0.717) is 0 Å². The number of hydrogen-bond acceptors (Lipinski definition) is 4. The van der Waals surface area contributed by atoms with Gasteiger partial charge >= 0.3 is 5.97 Å². The second kappa shape index (κ2) is 9.59. The molecule has 0 aliphatic rings. The molecule has 0 aliphatic heterocycles. The Kier molecular flexibility index (Phi) is 6.24. The van der Waals surface area contributed by atoms with E-state index in [4.69, 9.17) is 14.6 Å². The van der Waals surface area contributed by atoms with Crippen LogP contribution in [0.25, 0.3) is 23.0 Å². The first-order valence-corrected chi connectivity index (χ1v) is 9.91. The molecule has 5 heteroatoms. The second-order valence-corrected chi connectivity index (χ2v) is 6.86. The van der Waals surface area contributed by atoms with Gasteiger partial charge in [-0.1, -0.05) is 60.7 Å². The highest BCUT2D eigenvalue weighted by Crippen LogP contribution is 2.24. The van der Waals surface area contributed by atoms with Crippen molar-refractivity contribution < 1.29 is 14.3 Å². The van der Waals surface area contributed by atoms with Gasteiger partial charge in [0.2, 0.25) is 0 Å². The molecule has 0 N–H and O–H groups in total. The van der Waals surface area contributed by atoms with Gasteiger partial charge in [0, 0.05) is 23.4 Å². The van der Waals surface area contributed by atoms with Gasteiger partial charge in [0.05, 0.1) is 18.5 Å². The maximum absolute atomic E-state index is 12.3. The van der Waals surface area contributed by atoms with Crippen molar-refractivity contribution >= 4 is 12.0 Å². The van der Waals surface area contributed by atoms with Crippen LogP contribution in [0.15, 0.2) is 97.2 Å². The van der Waals surface area contributed by atoms with Gasteiger partial charge in [-0.3, -0.25) is 0 Å². The number of carbonyl (C=O) groups is 1. The minimum Gasteiger partial charge on any atom is -0.497 e. The van der Waals surface area contributed by atoms with Gasteiger partial charge < -0.3 is 9.47 Å². The number of nitrogens with zero attached hydrogens (tertiary/aromatic N) is 2. The quantitative estimate of drug-likeness (QED) is 0.306. The van der Waals surface area contributed by atoms with Crippen molar-refractivity contribution in [3.8, 4) is 22.7 Å². The minimum absolute atomic E-state index is 0.128. The van der Waals surface area contributed by atoms with Gasteiger partial charge in [-0.05, 0) is 35.9 Å². The topological polar surface area (TPSA) is 53.4 Å². The lowest BCUT2D eigenvalue weighted by Crippen LogP contribution is -2.01. The van der Waals surface area contributed by atoms with Crippen molar-refractivity contribution in [3.05, 3.63) is 108 Å². The second-order valence-electron chi connectivity index (χ2n) is 6.86. The number of benzene rings is 3. The maximum Gasteiger partial charge on any atom is 0.331 e. The van der Waals surface area contributed by atoms with E-state index in [2.05, 4.69) is 0 Å². The molecule has 4 rings (SSSR count). The Hall–Kier alpha value is -4.12. The van der Waals surface area contributed by atoms with Crippen molar-refractivity contribution in [2.24, 2.45) is 0 Å². The summed E-state index contributed by atoms with van der Waals surface area (Å²) in [4.78, 5) is 12.3. The Labute approximate surface area is 181 Å². The fourth-order valence-corrected chi connectivity index (χ4v) is 3.14. The summed E-state index contributed by atoms with van der Waals surface area (Å²) in [5, 5.41) is 4.73. The monoisotopic (exact) mass is 410 g/mol. The molecule has 5 nitrogen and oxygen atoms in total. The third-order valence-corrected chi connectivity index (χ3v) is 4.76. The van der Waals surface area contributed by atoms with Gasteiger partial charge in [0.1, 0.15) is 12.4 Å². The van der Waals surface area contributed by atoms with Crippen LogP contribution in [0.1, 0.15) is 11.1 Å². The van der Waals surface area contributed by atoms with E-state index in [-0.39, 0.29) is 6.61 Å². The van der Waals surface area contributed by atoms with Crippen LogP contribution < -0.4 is 4.74 Å². The first kappa shape index (κ1) is 20.2. The molecule has 0 bridgehead atoms. The third kappa shape index (κ3) is 5.08. The van der Waals surface area contributed by atoms with E-state index in [9.17, 15) is 4.79 Å². The number of hydrogen-bond donors (Lipinski definition) is 0. The smallest absolute Gasteiger partial charge is 0.331 e. The summed E-state index contributed by atoms with van der Waals surface area (Å²) in [6.07, 6.45) is 5.04. The highest BCUT2D eigenvalue weighted by atomic mass is 16.5. The number of esters is 1. The Morgan fingerprint density at radius 1 is 0.935 bits per heavy atom. The molecule has 154 valence electrons. The number of aromatic nitrogens is 2. The van der Waals surface area contributed by atoms with Crippen LogP contribution in [-0.4, -0.2) is 22.9 Å². The maximum atomic E-state index is 12.3. The van der Waals surface area contributed by atoms with Crippen LogP contribution in [0.4, 0.5) is 0 Å². The highest BCUT2D eigenvalue weighted by Gasteiger charge is 2.13. The van der Waals surface area contributed by atoms with Crippen LogP contribution in [0.5, 0.6) is 5.75 Å². The zero-order valence-electron chi connectivity index (χ0n) is 17.1. The highest BCUT2D eigenvalue weighted by molar-refractivity contribution is 5.87. The lowest BCUT2D eigenvalue weighted by Gasteiger charge is -2.03. The first-order valence-electron chi connectivity index (χ1n) is 9.91. The fraction of sp³-hybridized carbons (Fsp3) is 0.0769. The SMILES string of the molecule is COc1ccc(/C=C/C(=O)OCc2cn(-c3ccccc3)nc2-c2ccccc2)cc1. The molecule has 0 saturated carbocycles. The molecule has 1 aromatic heterocycles. The Bertz CT molecular complexity index is 1160. The summed E-state index contributed by atoms with van der Waals surface area (Å²) < 4.78 is 12.4. The predicted molar refractivity (Wildman–Crippen MR) is 121 cm³/mol. The van der Waals surface area contributed by atoms with Crippen molar-refractivity contribution in [2.45, 2.75) is 6.61 Å². The molecule has 0 atom stereocenters. The molecule has 0 unspecified atom stereocenters. The van der Waals surface area contributed by atoms with Gasteiger partial charge in [0.25, 0.3) is 0 Å². The Balaban J connectivity index is 1.51. The van der Waals surface area contributed by atoms with Crippen LogP contribution in [0, 0.1) is 0 Å². The van der Waals surface area contributed by atoms with Crippen LogP contribution in [-0.2, 0) is 16.1 Å². The van der Waals surface area contributed by atoms with Crippen molar-refractivity contribution in [3.63, 3.8) is 0 Å². The average molecular weight is 410 g/mol. The van der Waals surface area contributed by atoms with Gasteiger partial charge in [-0.2, -0.15) is 5.10 Å². The Morgan fingerprint density at radius 2 is 1.61 bits per heavy atom. The summed E-state index contributed by atoms with van der Waals surface area (Å²) in [6.45, 7) is 0.128. The van der Waals surface area contributed by atoms with Crippen LogP contribution in [0.3, 0.4) is 0 Å². The molecule has 1 heterocycles. The molecule has 0 saturated heterocycles. The summed E-state index contributed by atoms with van der Waals surface area (Å²) >= 11 is 0. The average Bonchev–Trinajstić information content (AvgIpc) is 3.27. The molecule has 31 heavy (non-hydrogen) atoms. The summed E-state index contributed by atoms with van der Waals surface area (Å²) in [7, 11) is 1.62. The molecule has 0 amide bonds. The molecule has 4 aromatic rings. The summed E-state index contributed by atoms with van der Waals surface area (Å²) in [5.41, 5.74) is 4.42. The zero-order chi connectivity index (χ0) is 21.5. The number of rotatable bonds is 7. The first-order chi connectivity index (χ1) is 15.2. The number of carbonyl (C=O) groups excluding carboxylic acids is 1. The normalized spacial score (nSPS) is 10.9. The van der Waals surface area contributed by atoms with Gasteiger partial charge in [0.15, 0.2) is 0 Å². The van der Waals surface area contributed by atoms with E-state index in [1.54, 1.807) is 17.9 Å². The number of methoxy groups -OCH3 is 1. The lowest BCUT2D eigenvalue weighted by molar-refractivity contribution is -0.138. The van der Waals surface area contributed by atoms with Crippen LogP contribution in [0.2, 0.25) is 0 Å². The molecule has 0 radical (unpaired) electrons. The molecular weight excluding hydrogens is 388 g/mol. The van der Waals surface area contributed by atoms with E-state index >= 15 is 0 Å². The molecular formula is C26H22N2O3. The zero-order valence-corrected chi connectivity index (χ0v) is 17.1. The van der Waals surface area contributed by atoms with E-state index in [0.717, 1.165) is 33.8 Å². The molecule has 0 fully saturated rings. The minimum atomic E-state index is -0.415. The Morgan fingerprint density at radius 3 is 2.29 bits per heavy atom. The fourth-order valence-electron chi connectivity index (χ4n) is 3.14. The van der Waals surface area contributed by atoms with Gasteiger partial charge in [-0.15, -0.1) is 0 Å². The third-order valence-electron chi connectivity index (χ3n) is 4.76. The summed E-state index contributed by atoms with van der Waals surface area (Å²) in [5.74, 6) is 0.353. The van der Waals surface area contributed by atoms with Crippen molar-refractivity contribution in [2.75, 3.05) is 7.11 Å². The standard InChI is InChI=1S/C26H22N2O3/c1-30-24-15-12-20(13-16-24)14-17-25(29)31-19-22-18-28(23-10-6-3-7-11-23)27-26(22)21-8-4-2-5-9-21/h2-18H,19H2,1H3/b17-14+. The van der Waals surface area contributed by atoms with E-state index < -0.39 is 5.97 Å². The van der Waals surface area contributed by atoms with E-state index in [1.807, 2.05) is 91.1 Å². The van der Waals surface area contributed by atoms with Crippen molar-refractivity contribution in [1.29, 1.82) is 0 Å². The largest absolute Gasteiger partial charge is 0.497 e. The van der Waals surface area contributed by atoms with Gasteiger partial charge in [-0.25, -0.2) is 9.48 Å². The molecule has 0 spiro atoms. The lowest BCUT2D eigenvalue weighted by atomic mass is 10.1.